The second kappa shape index (κ2) is 6.68. The normalized spacial score (nSPS) is 13.0. The summed E-state index contributed by atoms with van der Waals surface area (Å²) in [6.45, 7) is 6.27. The lowest BCUT2D eigenvalue weighted by Gasteiger charge is -2.15. The van der Waals surface area contributed by atoms with E-state index in [2.05, 4.69) is 12.2 Å². The van der Waals surface area contributed by atoms with Gasteiger partial charge in [0.25, 0.3) is 0 Å². The van der Waals surface area contributed by atoms with Gasteiger partial charge < -0.3 is 14.5 Å². The van der Waals surface area contributed by atoms with Crippen LogP contribution in [0.4, 0.5) is 4.39 Å². The van der Waals surface area contributed by atoms with E-state index in [4.69, 9.17) is 9.15 Å². The summed E-state index contributed by atoms with van der Waals surface area (Å²) in [6, 6.07) is 6.58. The third-order valence-corrected chi connectivity index (χ3v) is 3.05. The molecule has 1 aromatic heterocycles. The molecule has 0 radical (unpaired) electrons. The van der Waals surface area contributed by atoms with Gasteiger partial charge in [-0.1, -0.05) is 6.92 Å². The van der Waals surface area contributed by atoms with E-state index in [-0.39, 0.29) is 11.9 Å². The van der Waals surface area contributed by atoms with Crippen LogP contribution in [0.25, 0.3) is 11.0 Å². The first-order chi connectivity index (χ1) is 9.24. The van der Waals surface area contributed by atoms with Crippen LogP contribution in [0, 0.1) is 5.82 Å². The van der Waals surface area contributed by atoms with E-state index < -0.39 is 0 Å². The smallest absolute Gasteiger partial charge is 0.134 e. The number of furan rings is 1. The van der Waals surface area contributed by atoms with Gasteiger partial charge in [-0.15, -0.1) is 0 Å². The predicted octanol–water partition coefficient (Wildman–Crippen LogP) is 3.65. The highest BCUT2D eigenvalue weighted by atomic mass is 19.1. The Balaban J connectivity index is 2.17. The Morgan fingerprint density at radius 1 is 1.32 bits per heavy atom. The van der Waals surface area contributed by atoms with Gasteiger partial charge in [0.2, 0.25) is 0 Å². The second-order valence-electron chi connectivity index (χ2n) is 4.43. The summed E-state index contributed by atoms with van der Waals surface area (Å²) in [5, 5.41) is 4.17. The van der Waals surface area contributed by atoms with Crippen molar-refractivity contribution < 1.29 is 13.5 Å². The van der Waals surface area contributed by atoms with Crippen molar-refractivity contribution >= 4 is 11.0 Å². The van der Waals surface area contributed by atoms with Crippen molar-refractivity contribution in [1.29, 1.82) is 0 Å². The number of ether oxygens (including phenoxy) is 1. The molecule has 1 unspecified atom stereocenters. The number of halogens is 1. The molecule has 0 fully saturated rings. The first-order valence-corrected chi connectivity index (χ1v) is 6.74. The molecule has 0 bridgehead atoms. The Hall–Kier alpha value is -1.39. The highest BCUT2D eigenvalue weighted by molar-refractivity contribution is 5.78. The van der Waals surface area contributed by atoms with Crippen LogP contribution < -0.4 is 5.32 Å². The van der Waals surface area contributed by atoms with Crippen LogP contribution in [-0.4, -0.2) is 19.8 Å². The van der Waals surface area contributed by atoms with Gasteiger partial charge in [0.15, 0.2) is 0 Å². The largest absolute Gasteiger partial charge is 0.459 e. The molecule has 0 spiro atoms. The Morgan fingerprint density at radius 2 is 2.16 bits per heavy atom. The Kier molecular flexibility index (Phi) is 4.93. The molecule has 0 aliphatic heterocycles. The number of nitrogens with one attached hydrogen (secondary N) is 1. The zero-order valence-corrected chi connectivity index (χ0v) is 11.4. The summed E-state index contributed by atoms with van der Waals surface area (Å²) in [6.07, 6.45) is 0.837. The minimum atomic E-state index is -0.242. The molecule has 1 atom stereocenters. The van der Waals surface area contributed by atoms with Gasteiger partial charge in [-0.25, -0.2) is 4.39 Å². The first-order valence-electron chi connectivity index (χ1n) is 6.74. The standard InChI is InChI=1S/C15H20FNO2/c1-3-17-13(7-8-18-4-2)15-10-11-9-12(16)5-6-14(11)19-15/h5-6,9-10,13,17H,3-4,7-8H2,1-2H3. The lowest BCUT2D eigenvalue weighted by atomic mass is 10.1. The van der Waals surface area contributed by atoms with Crippen molar-refractivity contribution in [3.63, 3.8) is 0 Å². The van der Waals surface area contributed by atoms with Crippen molar-refractivity contribution in [2.45, 2.75) is 26.3 Å². The number of rotatable bonds is 7. The van der Waals surface area contributed by atoms with Gasteiger partial charge in [0.1, 0.15) is 17.2 Å². The first kappa shape index (κ1) is 14.0. The van der Waals surface area contributed by atoms with E-state index in [1.807, 2.05) is 13.0 Å². The Bertz CT molecular complexity index is 524. The molecule has 4 heteroatoms. The topological polar surface area (TPSA) is 34.4 Å². The molecule has 2 aromatic rings. The molecule has 0 aliphatic carbocycles. The van der Waals surface area contributed by atoms with Crippen LogP contribution in [0.5, 0.6) is 0 Å². The van der Waals surface area contributed by atoms with Gasteiger partial charge in [-0.3, -0.25) is 0 Å². The van der Waals surface area contributed by atoms with Crippen LogP contribution in [0.15, 0.2) is 28.7 Å². The third kappa shape index (κ3) is 3.55. The number of benzene rings is 1. The summed E-state index contributed by atoms with van der Waals surface area (Å²) in [5.41, 5.74) is 0.718. The summed E-state index contributed by atoms with van der Waals surface area (Å²) >= 11 is 0. The maximum absolute atomic E-state index is 13.2. The molecule has 104 valence electrons. The average Bonchev–Trinajstić information content (AvgIpc) is 2.80. The third-order valence-electron chi connectivity index (χ3n) is 3.05. The SMILES string of the molecule is CCNC(CCOCC)c1cc2cc(F)ccc2o1. The van der Waals surface area contributed by atoms with Gasteiger partial charge in [0.05, 0.1) is 6.04 Å². The summed E-state index contributed by atoms with van der Waals surface area (Å²) in [4.78, 5) is 0. The molecule has 1 aromatic carbocycles. The van der Waals surface area contributed by atoms with Crippen LogP contribution >= 0.6 is 0 Å². The number of hydrogen-bond acceptors (Lipinski definition) is 3. The fourth-order valence-corrected chi connectivity index (χ4v) is 2.14. The highest BCUT2D eigenvalue weighted by Crippen LogP contribution is 2.26. The quantitative estimate of drug-likeness (QED) is 0.776. The Labute approximate surface area is 112 Å². The molecule has 0 saturated carbocycles. The zero-order chi connectivity index (χ0) is 13.7. The fourth-order valence-electron chi connectivity index (χ4n) is 2.14. The minimum absolute atomic E-state index is 0.104. The second-order valence-corrected chi connectivity index (χ2v) is 4.43. The molecule has 3 nitrogen and oxygen atoms in total. The van der Waals surface area contributed by atoms with E-state index in [1.165, 1.54) is 12.1 Å². The van der Waals surface area contributed by atoms with Crippen LogP contribution in [0.1, 0.15) is 32.1 Å². The molecular formula is C15H20FNO2. The van der Waals surface area contributed by atoms with E-state index >= 15 is 0 Å². The summed E-state index contributed by atoms with van der Waals surface area (Å²) < 4.78 is 24.3. The lowest BCUT2D eigenvalue weighted by Crippen LogP contribution is -2.21. The van der Waals surface area contributed by atoms with Crippen LogP contribution in [-0.2, 0) is 4.74 Å². The van der Waals surface area contributed by atoms with Crippen LogP contribution in [0.2, 0.25) is 0 Å². The minimum Gasteiger partial charge on any atom is -0.459 e. The molecule has 0 saturated heterocycles. The monoisotopic (exact) mass is 265 g/mol. The van der Waals surface area contributed by atoms with E-state index in [9.17, 15) is 4.39 Å². The zero-order valence-electron chi connectivity index (χ0n) is 11.4. The Morgan fingerprint density at radius 3 is 2.89 bits per heavy atom. The highest BCUT2D eigenvalue weighted by Gasteiger charge is 2.15. The molecule has 0 aliphatic rings. The van der Waals surface area contributed by atoms with E-state index in [0.29, 0.717) is 13.2 Å². The molecular weight excluding hydrogens is 245 g/mol. The lowest BCUT2D eigenvalue weighted by molar-refractivity contribution is 0.134. The van der Waals surface area contributed by atoms with E-state index in [1.54, 1.807) is 6.07 Å². The average molecular weight is 265 g/mol. The molecule has 1 N–H and O–H groups in total. The number of fused-ring (bicyclic) bond motifs is 1. The van der Waals surface area contributed by atoms with Gasteiger partial charge >= 0.3 is 0 Å². The molecule has 1 heterocycles. The van der Waals surface area contributed by atoms with Crippen molar-refractivity contribution in [3.8, 4) is 0 Å². The maximum atomic E-state index is 13.2. The maximum Gasteiger partial charge on any atom is 0.134 e. The van der Waals surface area contributed by atoms with Crippen molar-refractivity contribution in [2.75, 3.05) is 19.8 Å². The van der Waals surface area contributed by atoms with Gasteiger partial charge in [-0.05, 0) is 44.2 Å². The van der Waals surface area contributed by atoms with E-state index in [0.717, 1.165) is 29.7 Å². The number of hydrogen-bond donors (Lipinski definition) is 1. The van der Waals surface area contributed by atoms with Crippen LogP contribution in [0.3, 0.4) is 0 Å². The molecule has 19 heavy (non-hydrogen) atoms. The van der Waals surface area contributed by atoms with Crippen molar-refractivity contribution in [1.82, 2.24) is 5.32 Å². The summed E-state index contributed by atoms with van der Waals surface area (Å²) in [7, 11) is 0. The molecule has 2 rings (SSSR count). The predicted molar refractivity (Wildman–Crippen MR) is 73.7 cm³/mol. The van der Waals surface area contributed by atoms with Crippen molar-refractivity contribution in [3.05, 3.63) is 35.8 Å². The van der Waals surface area contributed by atoms with Gasteiger partial charge in [0, 0.05) is 18.6 Å². The van der Waals surface area contributed by atoms with Gasteiger partial charge in [-0.2, -0.15) is 0 Å². The molecule has 0 amide bonds. The van der Waals surface area contributed by atoms with Crippen molar-refractivity contribution in [2.24, 2.45) is 0 Å². The summed E-state index contributed by atoms with van der Waals surface area (Å²) in [5.74, 6) is 0.594. The fraction of sp³-hybridized carbons (Fsp3) is 0.467.